The number of hydrogen-bond acceptors (Lipinski definition) is 3. The highest BCUT2D eigenvalue weighted by atomic mass is 16.2. The molecule has 0 unspecified atom stereocenters. The summed E-state index contributed by atoms with van der Waals surface area (Å²) < 4.78 is 1.98. The molecule has 2 fully saturated rings. The number of piperazine rings is 1. The van der Waals surface area contributed by atoms with Crippen molar-refractivity contribution in [2.45, 2.75) is 70.4 Å². The average molecular weight is 374 g/mol. The molecule has 27 heavy (non-hydrogen) atoms. The van der Waals surface area contributed by atoms with Crippen molar-refractivity contribution in [2.24, 2.45) is 0 Å². The van der Waals surface area contributed by atoms with Crippen LogP contribution in [0.25, 0.3) is 0 Å². The molecule has 7 heteroatoms. The molecule has 7 nitrogen and oxygen atoms in total. The summed E-state index contributed by atoms with van der Waals surface area (Å²) in [5, 5.41) is 7.59. The number of nitrogens with zero attached hydrogens (tertiary/aromatic N) is 4. The number of aromatic nitrogens is 2. The Morgan fingerprint density at radius 3 is 2.33 bits per heavy atom. The lowest BCUT2D eigenvalue weighted by Crippen LogP contribution is -2.54. The highest BCUT2D eigenvalue weighted by Crippen LogP contribution is 2.21. The van der Waals surface area contributed by atoms with Crippen molar-refractivity contribution >= 4 is 11.9 Å². The van der Waals surface area contributed by atoms with Gasteiger partial charge in [-0.05, 0) is 32.1 Å². The second-order valence-corrected chi connectivity index (χ2v) is 8.10. The van der Waals surface area contributed by atoms with Gasteiger partial charge >= 0.3 is 6.03 Å². The first-order valence-electron chi connectivity index (χ1n) is 10.6. The van der Waals surface area contributed by atoms with Gasteiger partial charge in [0.25, 0.3) is 5.91 Å². The minimum atomic E-state index is 0.0388. The second-order valence-electron chi connectivity index (χ2n) is 8.10. The summed E-state index contributed by atoms with van der Waals surface area (Å²) in [6.07, 6.45) is 12.1. The molecule has 4 rings (SSSR count). The van der Waals surface area contributed by atoms with Gasteiger partial charge in [0.2, 0.25) is 0 Å². The summed E-state index contributed by atoms with van der Waals surface area (Å²) in [7, 11) is 0. The molecule has 3 amide bonds. The summed E-state index contributed by atoms with van der Waals surface area (Å²) >= 11 is 0. The predicted molar refractivity (Wildman–Crippen MR) is 103 cm³/mol. The van der Waals surface area contributed by atoms with Crippen molar-refractivity contribution < 1.29 is 9.59 Å². The average Bonchev–Trinajstić information content (AvgIpc) is 2.97. The van der Waals surface area contributed by atoms with E-state index in [-0.39, 0.29) is 11.9 Å². The molecule has 0 atom stereocenters. The number of urea groups is 1. The SMILES string of the molecule is O=C(NC1CCCCCC1)N1CCN(C(=O)c2cnn3c2CCCC3)CC1. The van der Waals surface area contributed by atoms with E-state index in [0.717, 1.165) is 49.9 Å². The van der Waals surface area contributed by atoms with E-state index < -0.39 is 0 Å². The number of nitrogens with one attached hydrogen (secondary N) is 1. The molecule has 0 spiro atoms. The Labute approximate surface area is 161 Å². The highest BCUT2D eigenvalue weighted by Gasteiger charge is 2.29. The zero-order chi connectivity index (χ0) is 18.6. The first-order valence-corrected chi connectivity index (χ1v) is 10.6. The number of carbonyl (C=O) groups excluding carboxylic acids is 2. The van der Waals surface area contributed by atoms with Crippen LogP contribution in [0.2, 0.25) is 0 Å². The molecule has 0 bridgehead atoms. The fourth-order valence-corrected chi connectivity index (χ4v) is 4.57. The van der Waals surface area contributed by atoms with Gasteiger partial charge in [-0.15, -0.1) is 0 Å². The molecule has 1 aliphatic carbocycles. The third-order valence-electron chi connectivity index (χ3n) is 6.25. The van der Waals surface area contributed by atoms with Gasteiger partial charge in [-0.1, -0.05) is 25.7 Å². The van der Waals surface area contributed by atoms with Gasteiger partial charge in [0.1, 0.15) is 0 Å². The first-order chi connectivity index (χ1) is 13.2. The molecule has 1 aromatic heterocycles. The topological polar surface area (TPSA) is 70.5 Å². The highest BCUT2D eigenvalue weighted by molar-refractivity contribution is 5.95. The van der Waals surface area contributed by atoms with Crippen LogP contribution in [0.3, 0.4) is 0 Å². The lowest BCUT2D eigenvalue weighted by atomic mass is 10.1. The largest absolute Gasteiger partial charge is 0.335 e. The Hall–Kier alpha value is -2.05. The fourth-order valence-electron chi connectivity index (χ4n) is 4.57. The molecule has 3 heterocycles. The molecule has 1 N–H and O–H groups in total. The van der Waals surface area contributed by atoms with Crippen molar-refractivity contribution in [3.63, 3.8) is 0 Å². The number of hydrogen-bond donors (Lipinski definition) is 1. The van der Waals surface area contributed by atoms with Crippen LogP contribution in [0.4, 0.5) is 4.79 Å². The third kappa shape index (κ3) is 4.12. The van der Waals surface area contributed by atoms with Crippen molar-refractivity contribution in [3.05, 3.63) is 17.5 Å². The number of carbonyl (C=O) groups is 2. The Morgan fingerprint density at radius 1 is 0.889 bits per heavy atom. The van der Waals surface area contributed by atoms with Crippen LogP contribution in [-0.2, 0) is 13.0 Å². The summed E-state index contributed by atoms with van der Waals surface area (Å²) in [5.41, 5.74) is 1.84. The van der Waals surface area contributed by atoms with Crippen molar-refractivity contribution in [1.82, 2.24) is 24.9 Å². The Kier molecular flexibility index (Phi) is 5.64. The van der Waals surface area contributed by atoms with Gasteiger partial charge in [0.15, 0.2) is 0 Å². The number of rotatable bonds is 2. The molecule has 148 valence electrons. The minimum absolute atomic E-state index is 0.0388. The van der Waals surface area contributed by atoms with E-state index in [4.69, 9.17) is 0 Å². The van der Waals surface area contributed by atoms with Gasteiger partial charge in [0.05, 0.1) is 17.5 Å². The van der Waals surface area contributed by atoms with E-state index in [2.05, 4.69) is 10.4 Å². The fraction of sp³-hybridized carbons (Fsp3) is 0.750. The maximum Gasteiger partial charge on any atom is 0.317 e. The molecule has 2 aliphatic heterocycles. The number of fused-ring (bicyclic) bond motifs is 1. The second kappa shape index (κ2) is 8.31. The summed E-state index contributed by atoms with van der Waals surface area (Å²) in [6, 6.07) is 0.357. The molecule has 1 aromatic rings. The van der Waals surface area contributed by atoms with Gasteiger partial charge < -0.3 is 15.1 Å². The molecule has 0 aromatic carbocycles. The van der Waals surface area contributed by atoms with Gasteiger partial charge in [-0.2, -0.15) is 5.10 Å². The Bertz CT molecular complexity index is 670. The van der Waals surface area contributed by atoms with Crippen LogP contribution in [-0.4, -0.2) is 63.7 Å². The van der Waals surface area contributed by atoms with Gasteiger partial charge in [-0.3, -0.25) is 9.48 Å². The maximum absolute atomic E-state index is 12.9. The lowest BCUT2D eigenvalue weighted by Gasteiger charge is -2.35. The molecule has 1 saturated heterocycles. The van der Waals surface area contributed by atoms with E-state index in [1.165, 1.54) is 25.7 Å². The van der Waals surface area contributed by atoms with Crippen LogP contribution in [0.15, 0.2) is 6.20 Å². The van der Waals surface area contributed by atoms with Gasteiger partial charge in [0, 0.05) is 38.8 Å². The first kappa shape index (κ1) is 18.3. The molecule has 0 radical (unpaired) electrons. The number of amides is 3. The summed E-state index contributed by atoms with van der Waals surface area (Å²) in [4.78, 5) is 29.2. The minimum Gasteiger partial charge on any atom is -0.335 e. The van der Waals surface area contributed by atoms with E-state index in [0.29, 0.717) is 32.2 Å². The quantitative estimate of drug-likeness (QED) is 0.810. The van der Waals surface area contributed by atoms with E-state index in [1.807, 2.05) is 14.5 Å². The monoisotopic (exact) mass is 373 g/mol. The predicted octanol–water partition coefficient (Wildman–Crippen LogP) is 2.41. The van der Waals surface area contributed by atoms with Crippen molar-refractivity contribution in [3.8, 4) is 0 Å². The van der Waals surface area contributed by atoms with Crippen molar-refractivity contribution in [1.29, 1.82) is 0 Å². The van der Waals surface area contributed by atoms with Crippen LogP contribution in [0.1, 0.15) is 67.4 Å². The van der Waals surface area contributed by atoms with E-state index in [1.54, 1.807) is 6.20 Å². The zero-order valence-corrected chi connectivity index (χ0v) is 16.2. The van der Waals surface area contributed by atoms with E-state index in [9.17, 15) is 9.59 Å². The maximum atomic E-state index is 12.9. The smallest absolute Gasteiger partial charge is 0.317 e. The molecular weight excluding hydrogens is 342 g/mol. The zero-order valence-electron chi connectivity index (χ0n) is 16.2. The van der Waals surface area contributed by atoms with Gasteiger partial charge in [-0.25, -0.2) is 4.79 Å². The van der Waals surface area contributed by atoms with Crippen LogP contribution in [0, 0.1) is 0 Å². The number of aryl methyl sites for hydroxylation is 1. The Morgan fingerprint density at radius 2 is 1.59 bits per heavy atom. The standard InChI is InChI=1S/C20H31N5O2/c26-19(17-15-21-25-10-6-5-9-18(17)25)23-11-13-24(14-12-23)20(27)22-16-7-3-1-2-4-8-16/h15-16H,1-14H2,(H,22,27). The summed E-state index contributed by atoms with van der Waals surface area (Å²) in [5.74, 6) is 0.0713. The lowest BCUT2D eigenvalue weighted by molar-refractivity contribution is 0.0661. The third-order valence-corrected chi connectivity index (χ3v) is 6.25. The van der Waals surface area contributed by atoms with Crippen molar-refractivity contribution in [2.75, 3.05) is 26.2 Å². The molecule has 1 saturated carbocycles. The van der Waals surface area contributed by atoms with Crippen LogP contribution >= 0.6 is 0 Å². The summed E-state index contributed by atoms with van der Waals surface area (Å²) in [6.45, 7) is 3.32. The van der Waals surface area contributed by atoms with Crippen LogP contribution in [0.5, 0.6) is 0 Å². The van der Waals surface area contributed by atoms with Crippen LogP contribution < -0.4 is 5.32 Å². The molecule has 3 aliphatic rings. The normalized spacial score (nSPS) is 21.5. The Balaban J connectivity index is 1.30. The molecular formula is C20H31N5O2. The van der Waals surface area contributed by atoms with E-state index >= 15 is 0 Å².